The normalized spacial score (nSPS) is 14.7. The van der Waals surface area contributed by atoms with Gasteiger partial charge in [0.15, 0.2) is 0 Å². The number of urea groups is 1. The molecule has 1 fully saturated rings. The molecule has 3 rings (SSSR count). The van der Waals surface area contributed by atoms with E-state index < -0.39 is 0 Å². The molecule has 2 aromatic rings. The monoisotopic (exact) mass is 385 g/mol. The third-order valence-corrected chi connectivity index (χ3v) is 4.57. The highest BCUT2D eigenvalue weighted by Crippen LogP contribution is 2.09. The van der Waals surface area contributed by atoms with Crippen LogP contribution in [0.15, 0.2) is 42.9 Å². The molecule has 0 atom stereocenters. The molecule has 1 aliphatic rings. The number of methoxy groups -OCH3 is 1. The van der Waals surface area contributed by atoms with Crippen molar-refractivity contribution in [3.8, 4) is 5.88 Å². The first-order chi connectivity index (χ1) is 13.7. The van der Waals surface area contributed by atoms with E-state index in [9.17, 15) is 4.79 Å². The zero-order valence-corrected chi connectivity index (χ0v) is 16.2. The van der Waals surface area contributed by atoms with Crippen molar-refractivity contribution in [3.05, 3.63) is 54.0 Å². The minimum Gasteiger partial charge on any atom is -0.475 e. The van der Waals surface area contributed by atoms with Crippen LogP contribution < -0.4 is 10.1 Å². The van der Waals surface area contributed by atoms with E-state index >= 15 is 0 Å². The van der Waals surface area contributed by atoms with Gasteiger partial charge in [-0.1, -0.05) is 12.1 Å². The largest absolute Gasteiger partial charge is 0.475 e. The predicted octanol–water partition coefficient (Wildman–Crippen LogP) is 1.53. The molecule has 0 spiro atoms. The predicted molar refractivity (Wildman–Crippen MR) is 105 cm³/mol. The molecule has 0 saturated carbocycles. The molecule has 1 N–H and O–H groups in total. The maximum atomic E-state index is 12.4. The number of carbonyl (C=O) groups excluding carboxylic acids is 1. The van der Waals surface area contributed by atoms with Gasteiger partial charge in [0.2, 0.25) is 5.88 Å². The van der Waals surface area contributed by atoms with Crippen molar-refractivity contribution in [1.82, 2.24) is 25.1 Å². The summed E-state index contributed by atoms with van der Waals surface area (Å²) in [7, 11) is 1.63. The highest BCUT2D eigenvalue weighted by Gasteiger charge is 2.20. The Morgan fingerprint density at radius 3 is 2.64 bits per heavy atom. The molecule has 2 aromatic heterocycles. The Hall–Kier alpha value is -2.71. The lowest BCUT2D eigenvalue weighted by Gasteiger charge is -2.34. The first kappa shape index (κ1) is 20.0. The molecule has 3 heterocycles. The number of aromatic nitrogens is 2. The summed E-state index contributed by atoms with van der Waals surface area (Å²) in [5, 5.41) is 2.96. The quantitative estimate of drug-likeness (QED) is 0.694. The van der Waals surface area contributed by atoms with Gasteiger partial charge < -0.3 is 19.7 Å². The number of rotatable bonds is 8. The summed E-state index contributed by atoms with van der Waals surface area (Å²) in [6.07, 6.45) is 5.39. The van der Waals surface area contributed by atoms with E-state index in [1.54, 1.807) is 25.6 Å². The van der Waals surface area contributed by atoms with Crippen LogP contribution in [0.25, 0.3) is 0 Å². The fourth-order valence-electron chi connectivity index (χ4n) is 2.98. The Balaban J connectivity index is 1.37. The maximum absolute atomic E-state index is 12.4. The second-order valence-electron chi connectivity index (χ2n) is 6.63. The number of ether oxygens (including phenoxy) is 2. The van der Waals surface area contributed by atoms with Gasteiger partial charge in [0.05, 0.1) is 6.61 Å². The molecular formula is C20H27N5O3. The molecule has 8 nitrogen and oxygen atoms in total. The lowest BCUT2D eigenvalue weighted by Crippen LogP contribution is -2.51. The Morgan fingerprint density at radius 2 is 1.96 bits per heavy atom. The van der Waals surface area contributed by atoms with Crippen molar-refractivity contribution >= 4 is 6.03 Å². The Bertz CT molecular complexity index is 718. The maximum Gasteiger partial charge on any atom is 0.317 e. The Morgan fingerprint density at radius 1 is 1.11 bits per heavy atom. The number of amides is 2. The average Bonchev–Trinajstić information content (AvgIpc) is 2.74. The van der Waals surface area contributed by atoms with E-state index in [4.69, 9.17) is 9.47 Å². The summed E-state index contributed by atoms with van der Waals surface area (Å²) in [6.45, 7) is 5.46. The molecule has 150 valence electrons. The van der Waals surface area contributed by atoms with Crippen LogP contribution in [-0.4, -0.2) is 72.3 Å². The smallest absolute Gasteiger partial charge is 0.317 e. The summed E-state index contributed by atoms with van der Waals surface area (Å²) < 4.78 is 10.4. The summed E-state index contributed by atoms with van der Waals surface area (Å²) in [6, 6.07) is 7.69. The number of hydrogen-bond acceptors (Lipinski definition) is 6. The van der Waals surface area contributed by atoms with E-state index in [0.29, 0.717) is 25.6 Å². The van der Waals surface area contributed by atoms with Gasteiger partial charge in [-0.3, -0.25) is 9.88 Å². The fourth-order valence-corrected chi connectivity index (χ4v) is 2.98. The summed E-state index contributed by atoms with van der Waals surface area (Å²) in [5.74, 6) is 0.553. The van der Waals surface area contributed by atoms with Crippen LogP contribution in [0.5, 0.6) is 5.88 Å². The second-order valence-corrected chi connectivity index (χ2v) is 6.63. The van der Waals surface area contributed by atoms with Crippen molar-refractivity contribution in [2.75, 3.05) is 46.5 Å². The van der Waals surface area contributed by atoms with Gasteiger partial charge in [0.25, 0.3) is 0 Å². The van der Waals surface area contributed by atoms with Crippen LogP contribution in [0, 0.1) is 0 Å². The van der Waals surface area contributed by atoms with Gasteiger partial charge in [-0.15, -0.1) is 0 Å². The van der Waals surface area contributed by atoms with E-state index in [2.05, 4.69) is 26.3 Å². The van der Waals surface area contributed by atoms with Gasteiger partial charge in [0, 0.05) is 71.0 Å². The topological polar surface area (TPSA) is 79.8 Å². The average molecular weight is 385 g/mol. The zero-order chi connectivity index (χ0) is 19.6. The molecule has 0 aliphatic carbocycles. The minimum atomic E-state index is -0.0403. The Kier molecular flexibility index (Phi) is 7.57. The van der Waals surface area contributed by atoms with Crippen molar-refractivity contribution in [2.24, 2.45) is 0 Å². The van der Waals surface area contributed by atoms with Crippen molar-refractivity contribution in [1.29, 1.82) is 0 Å². The zero-order valence-electron chi connectivity index (χ0n) is 16.2. The first-order valence-electron chi connectivity index (χ1n) is 9.45. The number of nitrogens with one attached hydrogen (secondary N) is 1. The molecule has 1 aliphatic heterocycles. The number of carbonyl (C=O) groups is 1. The second kappa shape index (κ2) is 10.6. The van der Waals surface area contributed by atoms with Crippen molar-refractivity contribution in [2.45, 2.75) is 13.1 Å². The number of nitrogens with zero attached hydrogens (tertiary/aromatic N) is 4. The summed E-state index contributed by atoms with van der Waals surface area (Å²) in [5.41, 5.74) is 2.13. The lowest BCUT2D eigenvalue weighted by atomic mass is 10.2. The van der Waals surface area contributed by atoms with Gasteiger partial charge in [-0.25, -0.2) is 9.78 Å². The molecular weight excluding hydrogens is 358 g/mol. The van der Waals surface area contributed by atoms with E-state index in [-0.39, 0.29) is 6.03 Å². The van der Waals surface area contributed by atoms with Gasteiger partial charge in [-0.2, -0.15) is 0 Å². The molecule has 0 aromatic carbocycles. The van der Waals surface area contributed by atoms with E-state index in [1.165, 1.54) is 5.56 Å². The fraction of sp³-hybridized carbons (Fsp3) is 0.450. The molecule has 1 saturated heterocycles. The van der Waals surface area contributed by atoms with Crippen LogP contribution in [-0.2, 0) is 17.8 Å². The third-order valence-electron chi connectivity index (χ3n) is 4.57. The first-order valence-corrected chi connectivity index (χ1v) is 9.45. The molecule has 0 unspecified atom stereocenters. The van der Waals surface area contributed by atoms with Crippen molar-refractivity contribution in [3.63, 3.8) is 0 Å². The molecule has 28 heavy (non-hydrogen) atoms. The summed E-state index contributed by atoms with van der Waals surface area (Å²) in [4.78, 5) is 25.0. The van der Waals surface area contributed by atoms with E-state index in [1.807, 2.05) is 23.2 Å². The highest BCUT2D eigenvalue weighted by atomic mass is 16.5. The lowest BCUT2D eigenvalue weighted by molar-refractivity contribution is 0.135. The highest BCUT2D eigenvalue weighted by molar-refractivity contribution is 5.74. The minimum absolute atomic E-state index is 0.0403. The van der Waals surface area contributed by atoms with Crippen LogP contribution in [0.2, 0.25) is 0 Å². The van der Waals surface area contributed by atoms with Crippen LogP contribution >= 0.6 is 0 Å². The summed E-state index contributed by atoms with van der Waals surface area (Å²) >= 11 is 0. The van der Waals surface area contributed by atoms with E-state index in [0.717, 1.165) is 38.3 Å². The molecule has 0 bridgehead atoms. The molecule has 8 heteroatoms. The SMILES string of the molecule is COCCOc1ccc(CNC(=O)N2CCN(Cc3cccnc3)CC2)cn1. The Labute approximate surface area is 165 Å². The number of hydrogen-bond donors (Lipinski definition) is 1. The van der Waals surface area contributed by atoms with Gasteiger partial charge in [0.1, 0.15) is 6.61 Å². The third kappa shape index (κ3) is 6.17. The number of pyridine rings is 2. The molecule has 0 radical (unpaired) electrons. The van der Waals surface area contributed by atoms with Gasteiger partial charge in [-0.05, 0) is 17.2 Å². The van der Waals surface area contributed by atoms with Gasteiger partial charge >= 0.3 is 6.03 Å². The molecule has 2 amide bonds. The standard InChI is InChI=1S/C20H27N5O3/c1-27-11-12-28-19-5-4-17(14-22-19)15-23-20(26)25-9-7-24(8-10-25)16-18-3-2-6-21-13-18/h2-6,13-14H,7-12,15-16H2,1H3,(H,23,26). The van der Waals surface area contributed by atoms with Crippen LogP contribution in [0.3, 0.4) is 0 Å². The van der Waals surface area contributed by atoms with Crippen molar-refractivity contribution < 1.29 is 14.3 Å². The van der Waals surface area contributed by atoms with Crippen LogP contribution in [0.1, 0.15) is 11.1 Å². The van der Waals surface area contributed by atoms with Crippen LogP contribution in [0.4, 0.5) is 4.79 Å². The number of piperazine rings is 1.